The molecule has 1 saturated carbocycles. The summed E-state index contributed by atoms with van der Waals surface area (Å²) in [4.78, 5) is 10.5. The molecule has 0 aromatic heterocycles. The highest BCUT2D eigenvalue weighted by atomic mass is 16.6. The van der Waals surface area contributed by atoms with Crippen LogP contribution in [0, 0.1) is 16.0 Å². The fourth-order valence-electron chi connectivity index (χ4n) is 3.01. The van der Waals surface area contributed by atoms with Crippen molar-refractivity contribution >= 4 is 5.69 Å². The van der Waals surface area contributed by atoms with Crippen LogP contribution in [0.15, 0.2) is 18.2 Å². The van der Waals surface area contributed by atoms with Gasteiger partial charge in [-0.05, 0) is 43.2 Å². The van der Waals surface area contributed by atoms with E-state index in [1.54, 1.807) is 6.07 Å². The summed E-state index contributed by atoms with van der Waals surface area (Å²) < 4.78 is 5.13. The molecule has 0 bridgehead atoms. The summed E-state index contributed by atoms with van der Waals surface area (Å²) in [5.41, 5.74) is 0.986. The monoisotopic (exact) mass is 292 g/mol. The van der Waals surface area contributed by atoms with Crippen molar-refractivity contribution in [1.29, 1.82) is 0 Å². The third-order valence-electron chi connectivity index (χ3n) is 4.42. The van der Waals surface area contributed by atoms with Gasteiger partial charge in [-0.15, -0.1) is 0 Å². The van der Waals surface area contributed by atoms with E-state index in [0.29, 0.717) is 18.3 Å². The quantitative estimate of drug-likeness (QED) is 0.642. The Morgan fingerprint density at radius 1 is 1.29 bits per heavy atom. The van der Waals surface area contributed by atoms with Gasteiger partial charge >= 0.3 is 0 Å². The first-order valence-electron chi connectivity index (χ1n) is 7.68. The molecule has 1 fully saturated rings. The number of hydrogen-bond donors (Lipinski definition) is 1. The van der Waals surface area contributed by atoms with Crippen molar-refractivity contribution in [2.24, 2.45) is 5.92 Å². The summed E-state index contributed by atoms with van der Waals surface area (Å²) in [6.45, 7) is 2.91. The number of hydrogen-bond acceptors (Lipinski definition) is 4. The minimum Gasteiger partial charge on any atom is -0.496 e. The summed E-state index contributed by atoms with van der Waals surface area (Å²) in [5.74, 6) is 1.41. The predicted molar refractivity (Wildman–Crippen MR) is 82.5 cm³/mol. The second-order valence-corrected chi connectivity index (χ2v) is 5.80. The van der Waals surface area contributed by atoms with Gasteiger partial charge in [0.05, 0.1) is 18.1 Å². The van der Waals surface area contributed by atoms with Crippen molar-refractivity contribution in [1.82, 2.24) is 5.32 Å². The predicted octanol–water partition coefficient (Wildman–Crippen LogP) is 3.66. The number of benzene rings is 1. The van der Waals surface area contributed by atoms with E-state index < -0.39 is 0 Å². The van der Waals surface area contributed by atoms with Crippen LogP contribution in [0.2, 0.25) is 0 Å². The largest absolute Gasteiger partial charge is 0.496 e. The fraction of sp³-hybridized carbons (Fsp3) is 0.625. The first-order chi connectivity index (χ1) is 10.1. The SMILES string of the molecule is CCC1CCC(NCc2cc(OC)cc([N+](=O)[O-])c2)CC1. The van der Waals surface area contributed by atoms with Crippen LogP contribution in [0.5, 0.6) is 5.75 Å². The van der Waals surface area contributed by atoms with Crippen LogP contribution in [0.3, 0.4) is 0 Å². The number of methoxy groups -OCH3 is 1. The standard InChI is InChI=1S/C16H24N2O3/c1-3-12-4-6-14(7-5-12)17-11-13-8-15(18(19)20)10-16(9-13)21-2/h8-10,12,14,17H,3-7,11H2,1-2H3. The van der Waals surface area contributed by atoms with Gasteiger partial charge < -0.3 is 10.1 Å². The Morgan fingerprint density at radius 2 is 2.00 bits per heavy atom. The third kappa shape index (κ3) is 4.43. The number of ether oxygens (including phenoxy) is 1. The molecule has 2 rings (SSSR count). The Bertz CT molecular complexity index is 482. The van der Waals surface area contributed by atoms with Crippen molar-refractivity contribution in [3.63, 3.8) is 0 Å². The Balaban J connectivity index is 1.93. The Morgan fingerprint density at radius 3 is 2.57 bits per heavy atom. The van der Waals surface area contributed by atoms with E-state index in [2.05, 4.69) is 12.2 Å². The average Bonchev–Trinajstić information content (AvgIpc) is 2.53. The van der Waals surface area contributed by atoms with E-state index in [4.69, 9.17) is 4.74 Å². The summed E-state index contributed by atoms with van der Waals surface area (Å²) in [6, 6.07) is 5.46. The summed E-state index contributed by atoms with van der Waals surface area (Å²) in [7, 11) is 1.53. The van der Waals surface area contributed by atoms with E-state index >= 15 is 0 Å². The Kier molecular flexibility index (Phi) is 5.56. The molecule has 116 valence electrons. The molecule has 0 radical (unpaired) electrons. The fourth-order valence-corrected chi connectivity index (χ4v) is 3.01. The number of rotatable bonds is 6. The van der Waals surface area contributed by atoms with Crippen LogP contribution >= 0.6 is 0 Å². The highest BCUT2D eigenvalue weighted by Gasteiger charge is 2.19. The van der Waals surface area contributed by atoms with E-state index in [9.17, 15) is 10.1 Å². The summed E-state index contributed by atoms with van der Waals surface area (Å²) in [5, 5.41) is 14.4. The van der Waals surface area contributed by atoms with Gasteiger partial charge in [0.1, 0.15) is 5.75 Å². The van der Waals surface area contributed by atoms with Gasteiger partial charge in [-0.1, -0.05) is 13.3 Å². The van der Waals surface area contributed by atoms with E-state index in [1.807, 2.05) is 6.07 Å². The van der Waals surface area contributed by atoms with Gasteiger partial charge in [-0.25, -0.2) is 0 Å². The molecule has 0 amide bonds. The van der Waals surface area contributed by atoms with Crippen LogP contribution in [0.25, 0.3) is 0 Å². The maximum absolute atomic E-state index is 10.9. The molecule has 1 aliphatic rings. The number of non-ortho nitro benzene ring substituents is 1. The molecule has 0 saturated heterocycles. The van der Waals surface area contributed by atoms with Crippen LogP contribution in [0.1, 0.15) is 44.6 Å². The van der Waals surface area contributed by atoms with Crippen molar-refractivity contribution in [3.8, 4) is 5.75 Å². The lowest BCUT2D eigenvalue weighted by Crippen LogP contribution is -2.32. The lowest BCUT2D eigenvalue weighted by molar-refractivity contribution is -0.385. The molecule has 5 heteroatoms. The average molecular weight is 292 g/mol. The topological polar surface area (TPSA) is 64.4 Å². The van der Waals surface area contributed by atoms with E-state index in [-0.39, 0.29) is 10.6 Å². The minimum absolute atomic E-state index is 0.0841. The second kappa shape index (κ2) is 7.41. The van der Waals surface area contributed by atoms with E-state index in [0.717, 1.165) is 11.5 Å². The van der Waals surface area contributed by atoms with Crippen molar-refractivity contribution < 1.29 is 9.66 Å². The van der Waals surface area contributed by atoms with Crippen molar-refractivity contribution in [2.45, 2.75) is 51.6 Å². The molecule has 0 heterocycles. The van der Waals surface area contributed by atoms with Crippen LogP contribution < -0.4 is 10.1 Å². The first kappa shape index (κ1) is 15.8. The molecule has 5 nitrogen and oxygen atoms in total. The number of nitro groups is 1. The molecule has 0 spiro atoms. The van der Waals surface area contributed by atoms with Gasteiger partial charge in [-0.2, -0.15) is 0 Å². The maximum Gasteiger partial charge on any atom is 0.273 e. The molecule has 1 N–H and O–H groups in total. The lowest BCUT2D eigenvalue weighted by atomic mass is 9.84. The smallest absolute Gasteiger partial charge is 0.273 e. The highest BCUT2D eigenvalue weighted by Crippen LogP contribution is 2.27. The van der Waals surface area contributed by atoms with Gasteiger partial charge in [0.2, 0.25) is 0 Å². The van der Waals surface area contributed by atoms with Gasteiger partial charge in [0, 0.05) is 18.7 Å². The molecular formula is C16H24N2O3. The number of nitro benzene ring substituents is 1. The van der Waals surface area contributed by atoms with Crippen molar-refractivity contribution in [2.75, 3.05) is 7.11 Å². The normalized spacial score (nSPS) is 22.0. The number of nitrogens with zero attached hydrogens (tertiary/aromatic N) is 1. The minimum atomic E-state index is -0.377. The molecule has 1 aromatic carbocycles. The van der Waals surface area contributed by atoms with Crippen LogP contribution in [-0.4, -0.2) is 18.1 Å². The zero-order valence-electron chi connectivity index (χ0n) is 12.8. The Hall–Kier alpha value is -1.62. The van der Waals surface area contributed by atoms with Crippen LogP contribution in [0.4, 0.5) is 5.69 Å². The summed E-state index contributed by atoms with van der Waals surface area (Å²) >= 11 is 0. The number of nitrogens with one attached hydrogen (secondary N) is 1. The Labute approximate surface area is 125 Å². The molecule has 0 unspecified atom stereocenters. The molecular weight excluding hydrogens is 268 g/mol. The molecule has 0 aliphatic heterocycles. The zero-order valence-corrected chi connectivity index (χ0v) is 12.8. The van der Waals surface area contributed by atoms with Crippen molar-refractivity contribution in [3.05, 3.63) is 33.9 Å². The zero-order chi connectivity index (χ0) is 15.2. The molecule has 1 aliphatic carbocycles. The van der Waals surface area contributed by atoms with Gasteiger partial charge in [-0.3, -0.25) is 10.1 Å². The van der Waals surface area contributed by atoms with Gasteiger partial charge in [0.25, 0.3) is 5.69 Å². The maximum atomic E-state index is 10.9. The van der Waals surface area contributed by atoms with Crippen LogP contribution in [-0.2, 0) is 6.54 Å². The lowest BCUT2D eigenvalue weighted by Gasteiger charge is -2.28. The first-order valence-corrected chi connectivity index (χ1v) is 7.68. The molecule has 0 atom stereocenters. The third-order valence-corrected chi connectivity index (χ3v) is 4.42. The molecule has 21 heavy (non-hydrogen) atoms. The van der Waals surface area contributed by atoms with Gasteiger partial charge in [0.15, 0.2) is 0 Å². The molecule has 1 aromatic rings. The second-order valence-electron chi connectivity index (χ2n) is 5.80. The van der Waals surface area contributed by atoms with E-state index in [1.165, 1.54) is 45.3 Å². The summed E-state index contributed by atoms with van der Waals surface area (Å²) in [6.07, 6.45) is 6.24. The highest BCUT2D eigenvalue weighted by molar-refractivity contribution is 5.42.